The summed E-state index contributed by atoms with van der Waals surface area (Å²) in [6, 6.07) is 21.1. The van der Waals surface area contributed by atoms with Gasteiger partial charge in [0.1, 0.15) is 11.6 Å². The Bertz CT molecular complexity index is 939. The Morgan fingerprint density at radius 3 is 2.22 bits per heavy atom. The summed E-state index contributed by atoms with van der Waals surface area (Å²) in [4.78, 5) is 25.2. The van der Waals surface area contributed by atoms with Gasteiger partial charge in [-0.05, 0) is 43.3 Å². The molecule has 0 fully saturated rings. The number of rotatable bonds is 6. The molecule has 0 aliphatic carbocycles. The minimum absolute atomic E-state index is 0.182. The molecule has 1 atom stereocenters. The average molecular weight is 363 g/mol. The summed E-state index contributed by atoms with van der Waals surface area (Å²) < 4.78 is 18.5. The molecule has 1 N–H and O–H groups in total. The van der Waals surface area contributed by atoms with Gasteiger partial charge in [0.15, 0.2) is 11.9 Å². The first-order chi connectivity index (χ1) is 13.0. The molecule has 4 nitrogen and oxygen atoms in total. The van der Waals surface area contributed by atoms with Crippen molar-refractivity contribution in [3.05, 3.63) is 95.8 Å². The lowest BCUT2D eigenvalue weighted by atomic mass is 10.0. The first-order valence-corrected chi connectivity index (χ1v) is 8.46. The maximum atomic E-state index is 13.0. The molecule has 0 aromatic heterocycles. The number of anilines is 1. The first-order valence-electron chi connectivity index (χ1n) is 8.46. The van der Waals surface area contributed by atoms with Crippen LogP contribution in [0.2, 0.25) is 0 Å². The molecule has 5 heteroatoms. The van der Waals surface area contributed by atoms with Gasteiger partial charge in [-0.1, -0.05) is 42.5 Å². The summed E-state index contributed by atoms with van der Waals surface area (Å²) in [5, 5.41) is 2.73. The number of para-hydroxylation sites is 1. The van der Waals surface area contributed by atoms with Crippen LogP contribution < -0.4 is 10.1 Å². The molecule has 0 radical (unpaired) electrons. The predicted octanol–water partition coefficient (Wildman–Crippen LogP) is 4.46. The molecule has 0 saturated carbocycles. The van der Waals surface area contributed by atoms with Crippen molar-refractivity contribution in [2.24, 2.45) is 0 Å². The molecule has 136 valence electrons. The van der Waals surface area contributed by atoms with Crippen LogP contribution >= 0.6 is 0 Å². The molecule has 0 saturated heterocycles. The molecule has 0 bridgehead atoms. The highest BCUT2D eigenvalue weighted by Gasteiger charge is 2.19. The summed E-state index contributed by atoms with van der Waals surface area (Å²) in [7, 11) is 0. The first kappa shape index (κ1) is 18.3. The van der Waals surface area contributed by atoms with Gasteiger partial charge in [-0.25, -0.2) is 4.39 Å². The third kappa shape index (κ3) is 4.58. The number of amides is 1. The van der Waals surface area contributed by atoms with Crippen LogP contribution in [0.3, 0.4) is 0 Å². The Balaban J connectivity index is 1.74. The Morgan fingerprint density at radius 2 is 1.52 bits per heavy atom. The minimum atomic E-state index is -0.824. The Kier molecular flexibility index (Phi) is 5.61. The topological polar surface area (TPSA) is 55.4 Å². The number of carbonyl (C=O) groups excluding carboxylic acids is 2. The van der Waals surface area contributed by atoms with Crippen LogP contribution in [0, 0.1) is 5.82 Å². The van der Waals surface area contributed by atoms with E-state index in [0.717, 1.165) is 0 Å². The molecule has 0 aliphatic rings. The van der Waals surface area contributed by atoms with Crippen molar-refractivity contribution >= 4 is 17.4 Å². The lowest BCUT2D eigenvalue weighted by Crippen LogP contribution is -2.30. The molecule has 3 aromatic rings. The summed E-state index contributed by atoms with van der Waals surface area (Å²) in [5.41, 5.74) is 1.34. The summed E-state index contributed by atoms with van der Waals surface area (Å²) >= 11 is 0. The number of halogens is 1. The minimum Gasteiger partial charge on any atom is -0.481 e. The van der Waals surface area contributed by atoms with Crippen LogP contribution in [0.4, 0.5) is 10.1 Å². The van der Waals surface area contributed by atoms with E-state index in [1.54, 1.807) is 55.5 Å². The van der Waals surface area contributed by atoms with E-state index in [4.69, 9.17) is 4.74 Å². The smallest absolute Gasteiger partial charge is 0.265 e. The van der Waals surface area contributed by atoms with E-state index in [-0.39, 0.29) is 11.6 Å². The molecule has 3 aromatic carbocycles. The van der Waals surface area contributed by atoms with Gasteiger partial charge < -0.3 is 10.1 Å². The number of nitrogens with one attached hydrogen (secondary N) is 1. The van der Waals surface area contributed by atoms with Crippen molar-refractivity contribution in [2.45, 2.75) is 13.0 Å². The van der Waals surface area contributed by atoms with E-state index in [0.29, 0.717) is 22.6 Å². The zero-order valence-electron chi connectivity index (χ0n) is 14.7. The highest BCUT2D eigenvalue weighted by molar-refractivity contribution is 6.14. The lowest BCUT2D eigenvalue weighted by Gasteiger charge is -2.16. The van der Waals surface area contributed by atoms with Crippen LogP contribution in [-0.4, -0.2) is 17.8 Å². The van der Waals surface area contributed by atoms with Crippen LogP contribution in [-0.2, 0) is 4.79 Å². The third-order valence-corrected chi connectivity index (χ3v) is 3.96. The normalized spacial score (nSPS) is 11.5. The van der Waals surface area contributed by atoms with E-state index in [1.165, 1.54) is 24.3 Å². The largest absolute Gasteiger partial charge is 0.481 e. The van der Waals surface area contributed by atoms with Gasteiger partial charge in [0, 0.05) is 11.1 Å². The standard InChI is InChI=1S/C22H18FNO3/c1-15(27-18-13-11-17(23)12-14-18)22(26)24-20-10-6-5-9-19(20)21(25)16-7-3-2-4-8-16/h2-15H,1H3,(H,24,26). The molecule has 1 amide bonds. The fourth-order valence-electron chi connectivity index (χ4n) is 2.54. The second-order valence-corrected chi connectivity index (χ2v) is 5.94. The van der Waals surface area contributed by atoms with E-state index in [2.05, 4.69) is 5.32 Å². The quantitative estimate of drug-likeness (QED) is 0.658. The second kappa shape index (κ2) is 8.27. The van der Waals surface area contributed by atoms with Crippen molar-refractivity contribution in [3.63, 3.8) is 0 Å². The summed E-state index contributed by atoms with van der Waals surface area (Å²) in [5.74, 6) is -0.591. The van der Waals surface area contributed by atoms with Gasteiger partial charge in [-0.3, -0.25) is 9.59 Å². The number of benzene rings is 3. The number of ether oxygens (including phenoxy) is 1. The average Bonchev–Trinajstić information content (AvgIpc) is 2.70. The zero-order chi connectivity index (χ0) is 19.2. The zero-order valence-corrected chi connectivity index (χ0v) is 14.7. The summed E-state index contributed by atoms with van der Waals surface area (Å²) in [6.07, 6.45) is -0.824. The van der Waals surface area contributed by atoms with Crippen LogP contribution in [0.15, 0.2) is 78.9 Å². The van der Waals surface area contributed by atoms with E-state index < -0.39 is 12.0 Å². The Morgan fingerprint density at radius 1 is 0.889 bits per heavy atom. The van der Waals surface area contributed by atoms with Crippen molar-refractivity contribution in [3.8, 4) is 5.75 Å². The SMILES string of the molecule is CC(Oc1ccc(F)cc1)C(=O)Nc1ccccc1C(=O)c1ccccc1. The Hall–Kier alpha value is -3.47. The van der Waals surface area contributed by atoms with Crippen molar-refractivity contribution < 1.29 is 18.7 Å². The molecule has 0 aliphatic heterocycles. The van der Waals surface area contributed by atoms with E-state index in [1.807, 2.05) is 6.07 Å². The molecule has 1 unspecified atom stereocenters. The molecule has 27 heavy (non-hydrogen) atoms. The van der Waals surface area contributed by atoms with Gasteiger partial charge in [-0.2, -0.15) is 0 Å². The van der Waals surface area contributed by atoms with E-state index in [9.17, 15) is 14.0 Å². The molecular formula is C22H18FNO3. The van der Waals surface area contributed by atoms with Crippen molar-refractivity contribution in [2.75, 3.05) is 5.32 Å². The lowest BCUT2D eigenvalue weighted by molar-refractivity contribution is -0.122. The van der Waals surface area contributed by atoms with Crippen LogP contribution in [0.5, 0.6) is 5.75 Å². The monoisotopic (exact) mass is 363 g/mol. The fraction of sp³-hybridized carbons (Fsp3) is 0.0909. The molecule has 3 rings (SSSR count). The number of carbonyl (C=O) groups is 2. The molecule has 0 heterocycles. The number of hydrogen-bond donors (Lipinski definition) is 1. The van der Waals surface area contributed by atoms with E-state index >= 15 is 0 Å². The van der Waals surface area contributed by atoms with Gasteiger partial charge in [0.05, 0.1) is 5.69 Å². The summed E-state index contributed by atoms with van der Waals surface area (Å²) in [6.45, 7) is 1.58. The predicted molar refractivity (Wildman–Crippen MR) is 101 cm³/mol. The van der Waals surface area contributed by atoms with Crippen LogP contribution in [0.25, 0.3) is 0 Å². The van der Waals surface area contributed by atoms with Crippen molar-refractivity contribution in [1.29, 1.82) is 0 Å². The highest BCUT2D eigenvalue weighted by Crippen LogP contribution is 2.20. The molecular weight excluding hydrogens is 345 g/mol. The van der Waals surface area contributed by atoms with Gasteiger partial charge in [-0.15, -0.1) is 0 Å². The number of hydrogen-bond acceptors (Lipinski definition) is 3. The maximum absolute atomic E-state index is 13.0. The maximum Gasteiger partial charge on any atom is 0.265 e. The number of ketones is 1. The Labute approximate surface area is 156 Å². The van der Waals surface area contributed by atoms with Gasteiger partial charge >= 0.3 is 0 Å². The fourth-order valence-corrected chi connectivity index (χ4v) is 2.54. The van der Waals surface area contributed by atoms with Gasteiger partial charge in [0.2, 0.25) is 0 Å². The highest BCUT2D eigenvalue weighted by atomic mass is 19.1. The van der Waals surface area contributed by atoms with Crippen molar-refractivity contribution in [1.82, 2.24) is 0 Å². The third-order valence-electron chi connectivity index (χ3n) is 3.96. The van der Waals surface area contributed by atoms with Crippen LogP contribution in [0.1, 0.15) is 22.8 Å². The van der Waals surface area contributed by atoms with Gasteiger partial charge in [0.25, 0.3) is 5.91 Å². The molecule has 0 spiro atoms. The second-order valence-electron chi connectivity index (χ2n) is 5.94.